The fraction of sp³-hybridized carbons (Fsp3) is 0.889. The van der Waals surface area contributed by atoms with Crippen molar-refractivity contribution < 1.29 is 28.5 Å². The van der Waals surface area contributed by atoms with Crippen molar-refractivity contribution in [1.29, 1.82) is 0 Å². The smallest absolute Gasteiger partial charge is 0.334 e. The van der Waals surface area contributed by atoms with Crippen molar-refractivity contribution in [3.63, 3.8) is 0 Å². The molecule has 0 heterocycles. The molecule has 0 spiro atoms. The molecule has 0 bridgehead atoms. The van der Waals surface area contributed by atoms with Gasteiger partial charge in [-0.1, -0.05) is 49.0 Å². The van der Waals surface area contributed by atoms with Crippen LogP contribution in [0.2, 0.25) is 0 Å². The van der Waals surface area contributed by atoms with Crippen molar-refractivity contribution >= 4 is 11.9 Å². The van der Waals surface area contributed by atoms with Crippen molar-refractivity contribution in [2.24, 2.45) is 5.41 Å². The second-order valence-electron chi connectivity index (χ2n) is 4.10. The van der Waals surface area contributed by atoms with E-state index in [0.717, 1.165) is 0 Å². The Hall–Kier alpha value is -1.14. The molecule has 0 saturated heterocycles. The number of carbonyl (C=O) groups excluding carboxylic acids is 2. The third-order valence-corrected chi connectivity index (χ3v) is 1.40. The normalized spacial score (nSPS) is 7.83. The lowest BCUT2D eigenvalue weighted by atomic mass is 9.98. The zero-order valence-electron chi connectivity index (χ0n) is 17.4. The summed E-state index contributed by atoms with van der Waals surface area (Å²) in [7, 11) is 4.27. The first kappa shape index (κ1) is 38.4. The summed E-state index contributed by atoms with van der Waals surface area (Å²) >= 11 is 0. The maximum absolute atomic E-state index is 10.6. The molecule has 0 radical (unpaired) electrons. The topological polar surface area (TPSA) is 71.1 Å². The molecule has 0 fully saturated rings. The predicted octanol–water partition coefficient (Wildman–Crippen LogP) is 4.70. The molecule has 0 unspecified atom stereocenters. The predicted molar refractivity (Wildman–Crippen MR) is 102 cm³/mol. The van der Waals surface area contributed by atoms with E-state index in [0.29, 0.717) is 0 Å². The summed E-state index contributed by atoms with van der Waals surface area (Å²) < 4.78 is 17.9. The van der Waals surface area contributed by atoms with Crippen LogP contribution in [0.4, 0.5) is 0 Å². The highest BCUT2D eigenvalue weighted by molar-refractivity contribution is 5.75. The number of esters is 2. The van der Waals surface area contributed by atoms with E-state index in [2.05, 4.69) is 18.9 Å². The highest BCUT2D eigenvalue weighted by Gasteiger charge is 2.21. The van der Waals surface area contributed by atoms with Crippen molar-refractivity contribution in [3.8, 4) is 0 Å². The van der Waals surface area contributed by atoms with E-state index < -0.39 is 5.97 Å². The molecule has 0 rings (SSSR count). The SMILES string of the molecule is C.CC.CC.CC.COC(=O)C(C)(C)C.COCOC(=O)COC. The van der Waals surface area contributed by atoms with Crippen molar-refractivity contribution in [2.45, 2.75) is 69.7 Å². The second kappa shape index (κ2) is 33.5. The molecule has 0 aromatic heterocycles. The van der Waals surface area contributed by atoms with Gasteiger partial charge >= 0.3 is 11.9 Å². The summed E-state index contributed by atoms with van der Waals surface area (Å²) in [5, 5.41) is 0. The second-order valence-corrected chi connectivity index (χ2v) is 4.10. The van der Waals surface area contributed by atoms with E-state index in [4.69, 9.17) is 0 Å². The molecular weight excluding hydrogens is 312 g/mol. The number of methoxy groups -OCH3 is 3. The molecule has 0 atom stereocenters. The van der Waals surface area contributed by atoms with Gasteiger partial charge in [-0.2, -0.15) is 0 Å². The Morgan fingerprint density at radius 2 is 1.17 bits per heavy atom. The Bertz CT molecular complexity index is 222. The molecule has 0 aliphatic carbocycles. The minimum absolute atomic E-state index is 0. The Labute approximate surface area is 151 Å². The Kier molecular flexibility index (Phi) is 53.6. The number of ether oxygens (including phenoxy) is 4. The quantitative estimate of drug-likeness (QED) is 0.537. The van der Waals surface area contributed by atoms with Gasteiger partial charge in [-0.25, -0.2) is 4.79 Å². The molecular formula is C18H44O6. The van der Waals surface area contributed by atoms with Gasteiger partial charge in [-0.05, 0) is 20.8 Å². The molecule has 0 amide bonds. The van der Waals surface area contributed by atoms with Crippen LogP contribution in [0.1, 0.15) is 69.7 Å². The largest absolute Gasteiger partial charge is 0.469 e. The molecule has 0 aliphatic rings. The minimum atomic E-state index is -0.417. The van der Waals surface area contributed by atoms with Gasteiger partial charge in [0, 0.05) is 14.2 Å². The van der Waals surface area contributed by atoms with Crippen LogP contribution < -0.4 is 0 Å². The third kappa shape index (κ3) is 42.8. The summed E-state index contributed by atoms with van der Waals surface area (Å²) in [4.78, 5) is 21.0. The summed E-state index contributed by atoms with van der Waals surface area (Å²) in [6, 6.07) is 0. The molecule has 152 valence electrons. The van der Waals surface area contributed by atoms with Gasteiger partial charge in [0.1, 0.15) is 6.61 Å². The van der Waals surface area contributed by atoms with E-state index in [1.54, 1.807) is 0 Å². The maximum Gasteiger partial charge on any atom is 0.334 e. The van der Waals surface area contributed by atoms with E-state index in [1.807, 2.05) is 62.3 Å². The number of hydrogen-bond donors (Lipinski definition) is 0. The molecule has 6 nitrogen and oxygen atoms in total. The Morgan fingerprint density at radius 3 is 1.33 bits per heavy atom. The first-order valence-corrected chi connectivity index (χ1v) is 8.01. The first-order valence-electron chi connectivity index (χ1n) is 8.01. The van der Waals surface area contributed by atoms with Gasteiger partial charge in [-0.15, -0.1) is 0 Å². The summed E-state index contributed by atoms with van der Waals surface area (Å²) in [5.41, 5.74) is -0.352. The zero-order chi connectivity index (χ0) is 19.9. The molecule has 0 aromatic carbocycles. The summed E-state index contributed by atoms with van der Waals surface area (Å²) in [6.45, 7) is 17.4. The minimum Gasteiger partial charge on any atom is -0.469 e. The Morgan fingerprint density at radius 1 is 0.792 bits per heavy atom. The average Bonchev–Trinajstić information content (AvgIpc) is 2.57. The molecule has 24 heavy (non-hydrogen) atoms. The van der Waals surface area contributed by atoms with Gasteiger partial charge < -0.3 is 18.9 Å². The maximum atomic E-state index is 10.6. The van der Waals surface area contributed by atoms with Gasteiger partial charge in [0.05, 0.1) is 12.5 Å². The van der Waals surface area contributed by atoms with Gasteiger partial charge in [0.25, 0.3) is 0 Å². The highest BCUT2D eigenvalue weighted by atomic mass is 16.7. The number of carbonyl (C=O) groups is 2. The van der Waals surface area contributed by atoms with Gasteiger partial charge in [-0.3, -0.25) is 4.79 Å². The van der Waals surface area contributed by atoms with Crippen molar-refractivity contribution in [2.75, 3.05) is 34.7 Å². The monoisotopic (exact) mass is 356 g/mol. The van der Waals surface area contributed by atoms with E-state index in [9.17, 15) is 9.59 Å². The number of rotatable bonds is 4. The summed E-state index contributed by atoms with van der Waals surface area (Å²) in [6.07, 6.45) is 0. The van der Waals surface area contributed by atoms with E-state index in [-0.39, 0.29) is 32.2 Å². The highest BCUT2D eigenvalue weighted by Crippen LogP contribution is 2.13. The van der Waals surface area contributed by atoms with Crippen LogP contribution in [0.15, 0.2) is 0 Å². The van der Waals surface area contributed by atoms with Gasteiger partial charge in [0.15, 0.2) is 6.79 Å². The summed E-state index contributed by atoms with van der Waals surface area (Å²) in [5.74, 6) is -0.586. The molecule has 0 aromatic rings. The third-order valence-electron chi connectivity index (χ3n) is 1.40. The van der Waals surface area contributed by atoms with Crippen molar-refractivity contribution in [3.05, 3.63) is 0 Å². The zero-order valence-corrected chi connectivity index (χ0v) is 17.4. The van der Waals surface area contributed by atoms with Crippen LogP contribution in [-0.4, -0.2) is 46.7 Å². The van der Waals surface area contributed by atoms with Crippen LogP contribution in [0.25, 0.3) is 0 Å². The van der Waals surface area contributed by atoms with Crippen LogP contribution in [-0.2, 0) is 28.5 Å². The number of hydrogen-bond acceptors (Lipinski definition) is 6. The Balaban J connectivity index is -0.0000000498. The lowest BCUT2D eigenvalue weighted by Crippen LogP contribution is -2.21. The van der Waals surface area contributed by atoms with E-state index >= 15 is 0 Å². The average molecular weight is 357 g/mol. The lowest BCUT2D eigenvalue weighted by molar-refractivity contribution is -0.158. The van der Waals surface area contributed by atoms with Crippen LogP contribution in [0.3, 0.4) is 0 Å². The standard InChI is InChI=1S/C6H12O2.C5H10O4.3C2H6.CH4/c1-6(2,3)5(7)8-4;1-7-3-5(6)9-4-8-2;3*1-2;/h1-4H3;3-4H2,1-2H3;3*1-2H3;1H4. The molecule has 0 N–H and O–H groups in total. The molecule has 0 saturated carbocycles. The van der Waals surface area contributed by atoms with E-state index in [1.165, 1.54) is 21.3 Å². The van der Waals surface area contributed by atoms with Crippen LogP contribution in [0, 0.1) is 5.41 Å². The first-order chi connectivity index (χ1) is 10.8. The lowest BCUT2D eigenvalue weighted by Gasteiger charge is -2.13. The fourth-order valence-corrected chi connectivity index (χ4v) is 0.590. The fourth-order valence-electron chi connectivity index (χ4n) is 0.590. The van der Waals surface area contributed by atoms with Crippen LogP contribution >= 0.6 is 0 Å². The molecule has 6 heteroatoms. The van der Waals surface area contributed by atoms with Crippen LogP contribution in [0.5, 0.6) is 0 Å². The molecule has 0 aliphatic heterocycles. The van der Waals surface area contributed by atoms with Gasteiger partial charge in [0.2, 0.25) is 0 Å². The van der Waals surface area contributed by atoms with Crippen molar-refractivity contribution in [1.82, 2.24) is 0 Å².